The van der Waals surface area contributed by atoms with E-state index in [0.717, 1.165) is 22.6 Å². The monoisotopic (exact) mass is 329 g/mol. The van der Waals surface area contributed by atoms with E-state index >= 15 is 0 Å². The topological polar surface area (TPSA) is 38.1 Å². The maximum absolute atomic E-state index is 12.1. The quantitative estimate of drug-likeness (QED) is 0.626. The largest absolute Gasteiger partial charge is 0.316 e. The van der Waals surface area contributed by atoms with Crippen LogP contribution in [0.1, 0.15) is 17.0 Å². The fraction of sp³-hybridized carbons (Fsp3) is 0.188. The number of amides is 1. The summed E-state index contributed by atoms with van der Waals surface area (Å²) in [6, 6.07) is 6.00. The Balaban J connectivity index is 2.05. The third-order valence-corrected chi connectivity index (χ3v) is 5.13. The van der Waals surface area contributed by atoms with Gasteiger partial charge in [-0.15, -0.1) is 0 Å². The molecule has 0 saturated carbocycles. The van der Waals surface area contributed by atoms with Gasteiger partial charge in [-0.1, -0.05) is 24.0 Å². The summed E-state index contributed by atoms with van der Waals surface area (Å²) in [6.45, 7) is 4.08. The highest BCUT2D eigenvalue weighted by molar-refractivity contribution is 8.26. The summed E-state index contributed by atoms with van der Waals surface area (Å²) < 4.78 is 2.73. The van der Waals surface area contributed by atoms with Crippen molar-refractivity contribution in [2.24, 2.45) is 0 Å². The lowest BCUT2D eigenvalue weighted by Crippen LogP contribution is -2.22. The van der Waals surface area contributed by atoms with Gasteiger partial charge in [0.2, 0.25) is 0 Å². The van der Waals surface area contributed by atoms with Gasteiger partial charge < -0.3 is 4.57 Å². The zero-order valence-electron chi connectivity index (χ0n) is 12.5. The molecule has 4 nitrogen and oxygen atoms in total. The molecule has 2 aromatic heterocycles. The Morgan fingerprint density at radius 1 is 1.36 bits per heavy atom. The second-order valence-corrected chi connectivity index (χ2v) is 6.79. The van der Waals surface area contributed by atoms with Crippen LogP contribution in [0.3, 0.4) is 0 Å². The number of aryl methyl sites for hydroxylation is 1. The van der Waals surface area contributed by atoms with E-state index in [2.05, 4.69) is 15.6 Å². The van der Waals surface area contributed by atoms with Crippen molar-refractivity contribution in [3.63, 3.8) is 0 Å². The fourth-order valence-corrected chi connectivity index (χ4v) is 3.67. The number of likely N-dealkylation sites (N-methyl/N-ethyl adjacent to an activating group) is 1. The van der Waals surface area contributed by atoms with Gasteiger partial charge in [-0.05, 0) is 43.7 Å². The molecular formula is C16H15N3OS2. The highest BCUT2D eigenvalue weighted by Crippen LogP contribution is 2.32. The molecule has 1 amide bonds. The van der Waals surface area contributed by atoms with Gasteiger partial charge in [0.1, 0.15) is 4.32 Å². The molecule has 0 radical (unpaired) electrons. The zero-order valence-corrected chi connectivity index (χ0v) is 14.2. The van der Waals surface area contributed by atoms with E-state index in [4.69, 9.17) is 12.2 Å². The molecule has 3 rings (SSSR count). The molecule has 6 heteroatoms. The smallest absolute Gasteiger partial charge is 0.265 e. The maximum atomic E-state index is 12.1. The van der Waals surface area contributed by atoms with Gasteiger partial charge in [-0.2, -0.15) is 0 Å². The molecule has 112 valence electrons. The molecule has 1 aliphatic rings. The maximum Gasteiger partial charge on any atom is 0.265 e. The first-order valence-corrected chi connectivity index (χ1v) is 8.02. The van der Waals surface area contributed by atoms with Crippen LogP contribution in [0.4, 0.5) is 0 Å². The van der Waals surface area contributed by atoms with E-state index in [1.807, 2.05) is 38.3 Å². The lowest BCUT2D eigenvalue weighted by molar-refractivity contribution is -0.121. The van der Waals surface area contributed by atoms with Crippen LogP contribution in [-0.2, 0) is 4.79 Å². The van der Waals surface area contributed by atoms with Crippen molar-refractivity contribution < 1.29 is 4.79 Å². The van der Waals surface area contributed by atoms with Gasteiger partial charge in [0.15, 0.2) is 0 Å². The van der Waals surface area contributed by atoms with Crippen molar-refractivity contribution >= 4 is 40.3 Å². The molecule has 0 bridgehead atoms. The van der Waals surface area contributed by atoms with Crippen LogP contribution in [0.15, 0.2) is 35.5 Å². The van der Waals surface area contributed by atoms with Crippen molar-refractivity contribution in [2.75, 3.05) is 7.05 Å². The molecule has 0 aliphatic carbocycles. The first kappa shape index (κ1) is 15.0. The Kier molecular flexibility index (Phi) is 3.88. The van der Waals surface area contributed by atoms with Gasteiger partial charge in [0.25, 0.3) is 5.91 Å². The van der Waals surface area contributed by atoms with Crippen molar-refractivity contribution in [1.82, 2.24) is 14.5 Å². The third-order valence-electron chi connectivity index (χ3n) is 3.65. The van der Waals surface area contributed by atoms with E-state index in [9.17, 15) is 4.79 Å². The third kappa shape index (κ3) is 2.48. The second kappa shape index (κ2) is 5.70. The number of carbonyl (C=O) groups is 1. The van der Waals surface area contributed by atoms with Crippen molar-refractivity contribution in [3.05, 3.63) is 52.4 Å². The Labute approximate surface area is 138 Å². The normalized spacial score (nSPS) is 16.9. The van der Waals surface area contributed by atoms with Crippen molar-refractivity contribution in [3.8, 4) is 5.69 Å². The number of thioether (sulfide) groups is 1. The molecule has 3 heterocycles. The second-order valence-electron chi connectivity index (χ2n) is 5.11. The number of rotatable bonds is 2. The van der Waals surface area contributed by atoms with Gasteiger partial charge in [-0.3, -0.25) is 14.7 Å². The Morgan fingerprint density at radius 2 is 2.14 bits per heavy atom. The van der Waals surface area contributed by atoms with Crippen LogP contribution in [-0.4, -0.2) is 31.7 Å². The molecule has 0 atom stereocenters. The van der Waals surface area contributed by atoms with Crippen molar-refractivity contribution in [2.45, 2.75) is 13.8 Å². The fourth-order valence-electron chi connectivity index (χ4n) is 2.50. The molecule has 0 aromatic carbocycles. The number of pyridine rings is 1. The summed E-state index contributed by atoms with van der Waals surface area (Å²) in [5.41, 5.74) is 4.21. The van der Waals surface area contributed by atoms with E-state index in [1.54, 1.807) is 13.2 Å². The predicted octanol–water partition coefficient (Wildman–Crippen LogP) is 3.32. The summed E-state index contributed by atoms with van der Waals surface area (Å²) in [5, 5.41) is 0. The molecule has 22 heavy (non-hydrogen) atoms. The molecule has 2 aromatic rings. The summed E-state index contributed by atoms with van der Waals surface area (Å²) in [7, 11) is 1.71. The number of carbonyl (C=O) groups excluding carboxylic acids is 1. The lowest BCUT2D eigenvalue weighted by atomic mass is 10.2. The highest BCUT2D eigenvalue weighted by Gasteiger charge is 2.29. The van der Waals surface area contributed by atoms with Gasteiger partial charge >= 0.3 is 0 Å². The van der Waals surface area contributed by atoms with Gasteiger partial charge in [-0.25, -0.2) is 0 Å². The van der Waals surface area contributed by atoms with Crippen molar-refractivity contribution in [1.29, 1.82) is 0 Å². The highest BCUT2D eigenvalue weighted by atomic mass is 32.2. The predicted molar refractivity (Wildman–Crippen MR) is 94.0 cm³/mol. The van der Waals surface area contributed by atoms with Crippen LogP contribution in [0.5, 0.6) is 0 Å². The Hall–Kier alpha value is -1.92. The molecule has 0 unspecified atom stereocenters. The molecular weight excluding hydrogens is 314 g/mol. The van der Waals surface area contributed by atoms with E-state index in [1.165, 1.54) is 16.7 Å². The van der Waals surface area contributed by atoms with Crippen LogP contribution in [0, 0.1) is 13.8 Å². The summed E-state index contributed by atoms with van der Waals surface area (Å²) in [6.07, 6.45) is 5.50. The van der Waals surface area contributed by atoms with Crippen LogP contribution < -0.4 is 0 Å². The zero-order chi connectivity index (χ0) is 15.9. The first-order chi connectivity index (χ1) is 10.5. The lowest BCUT2D eigenvalue weighted by Gasteiger charge is -2.08. The number of nitrogens with zero attached hydrogens (tertiary/aromatic N) is 3. The van der Waals surface area contributed by atoms with Gasteiger partial charge in [0.05, 0.1) is 16.8 Å². The summed E-state index contributed by atoms with van der Waals surface area (Å²) in [4.78, 5) is 18.5. The first-order valence-electron chi connectivity index (χ1n) is 6.80. The number of hydrogen-bond acceptors (Lipinski definition) is 4. The Bertz CT molecular complexity index is 793. The summed E-state index contributed by atoms with van der Waals surface area (Å²) >= 11 is 6.51. The minimum absolute atomic E-state index is 0.0406. The molecule has 1 aliphatic heterocycles. The van der Waals surface area contributed by atoms with Crippen LogP contribution in [0.25, 0.3) is 11.8 Å². The van der Waals surface area contributed by atoms with Crippen LogP contribution >= 0.6 is 24.0 Å². The molecule has 1 saturated heterocycles. The molecule has 0 spiro atoms. The van der Waals surface area contributed by atoms with Gasteiger partial charge in [0, 0.05) is 24.6 Å². The minimum atomic E-state index is -0.0406. The standard InChI is InChI=1S/C16H15N3OS2/c1-10-7-12(8-14-15(20)18(3)16(21)22-14)11(2)19(10)13-5-4-6-17-9-13/h4-9H,1-3H3/b14-8+. The number of thiocarbonyl (C=S) groups is 1. The SMILES string of the molecule is Cc1cc(/C=C2/SC(=S)N(C)C2=O)c(C)n1-c1cccnc1. The molecule has 0 N–H and O–H groups in total. The van der Waals surface area contributed by atoms with E-state index in [-0.39, 0.29) is 5.91 Å². The van der Waals surface area contributed by atoms with E-state index < -0.39 is 0 Å². The average molecular weight is 329 g/mol. The van der Waals surface area contributed by atoms with Crippen LogP contribution in [0.2, 0.25) is 0 Å². The average Bonchev–Trinajstić information content (AvgIpc) is 2.92. The number of hydrogen-bond donors (Lipinski definition) is 0. The number of aromatic nitrogens is 2. The Morgan fingerprint density at radius 3 is 2.73 bits per heavy atom. The summed E-state index contributed by atoms with van der Waals surface area (Å²) in [5.74, 6) is -0.0406. The van der Waals surface area contributed by atoms with E-state index in [0.29, 0.717) is 9.23 Å². The minimum Gasteiger partial charge on any atom is -0.316 e. The molecule has 1 fully saturated rings.